The second-order valence-corrected chi connectivity index (χ2v) is 6.35. The number of primary sulfonamides is 1. The second-order valence-electron chi connectivity index (χ2n) is 4.50. The number of amides is 1. The first-order valence-corrected chi connectivity index (χ1v) is 7.76. The van der Waals surface area contributed by atoms with Crippen molar-refractivity contribution in [1.29, 1.82) is 0 Å². The van der Waals surface area contributed by atoms with Crippen molar-refractivity contribution >= 4 is 15.9 Å². The topological polar surface area (TPSA) is 119 Å². The number of nitrogens with two attached hydrogens (primary N) is 2. The van der Waals surface area contributed by atoms with Gasteiger partial charge in [0.2, 0.25) is 15.9 Å². The minimum absolute atomic E-state index is 0.0133. The zero-order valence-corrected chi connectivity index (χ0v) is 11.3. The third-order valence-electron chi connectivity index (χ3n) is 2.98. The zero-order chi connectivity index (χ0) is 13.6. The third-order valence-corrected chi connectivity index (χ3v) is 4.23. The molecular weight excluding hydrogens is 256 g/mol. The van der Waals surface area contributed by atoms with Gasteiger partial charge in [-0.3, -0.25) is 4.79 Å². The number of carbonyl (C=O) groups excluding carboxylic acids is 1. The van der Waals surface area contributed by atoms with Crippen molar-refractivity contribution in [1.82, 2.24) is 10.2 Å². The summed E-state index contributed by atoms with van der Waals surface area (Å²) in [5, 5.41) is 7.51. The summed E-state index contributed by atoms with van der Waals surface area (Å²) in [4.78, 5) is 13.1. The molecule has 0 bridgehead atoms. The summed E-state index contributed by atoms with van der Waals surface area (Å²) in [6.07, 6.45) is 1.74. The van der Waals surface area contributed by atoms with E-state index in [1.54, 1.807) is 4.90 Å². The standard InChI is InChI=1S/C10H22N4O3S/c11-3-1-4-13-5-2-6-14-8-9(7-10(14)15)18(12,16)17/h9,13H,1-8,11H2,(H2,12,16,17). The van der Waals surface area contributed by atoms with Crippen LogP contribution in [0, 0.1) is 0 Å². The first kappa shape index (κ1) is 15.4. The molecule has 1 rings (SSSR count). The van der Waals surface area contributed by atoms with E-state index < -0.39 is 15.3 Å². The highest BCUT2D eigenvalue weighted by atomic mass is 32.2. The molecule has 1 unspecified atom stereocenters. The van der Waals surface area contributed by atoms with E-state index in [0.717, 1.165) is 25.9 Å². The maximum absolute atomic E-state index is 11.6. The summed E-state index contributed by atoms with van der Waals surface area (Å²) in [6.45, 7) is 3.11. The predicted octanol–water partition coefficient (Wildman–Crippen LogP) is -1.80. The molecule has 0 radical (unpaired) electrons. The van der Waals surface area contributed by atoms with Crippen LogP contribution in [-0.2, 0) is 14.8 Å². The van der Waals surface area contributed by atoms with Crippen LogP contribution in [0.3, 0.4) is 0 Å². The molecule has 0 aromatic heterocycles. The summed E-state index contributed by atoms with van der Waals surface area (Å²) in [5.74, 6) is -0.129. The van der Waals surface area contributed by atoms with Crippen LogP contribution in [0.5, 0.6) is 0 Å². The highest BCUT2D eigenvalue weighted by Gasteiger charge is 2.35. The third kappa shape index (κ3) is 4.89. The lowest BCUT2D eigenvalue weighted by molar-refractivity contribution is -0.127. The number of rotatable bonds is 8. The van der Waals surface area contributed by atoms with Crippen molar-refractivity contribution in [3.8, 4) is 0 Å². The van der Waals surface area contributed by atoms with E-state index in [4.69, 9.17) is 10.9 Å². The smallest absolute Gasteiger partial charge is 0.224 e. The Labute approximate surface area is 108 Å². The number of carbonyl (C=O) groups is 1. The Hall–Kier alpha value is -0.700. The van der Waals surface area contributed by atoms with Gasteiger partial charge in [-0.05, 0) is 32.5 Å². The van der Waals surface area contributed by atoms with Crippen LogP contribution in [0.15, 0.2) is 0 Å². The summed E-state index contributed by atoms with van der Waals surface area (Å²) in [6, 6.07) is 0. The van der Waals surface area contributed by atoms with Crippen molar-refractivity contribution in [3.05, 3.63) is 0 Å². The fraction of sp³-hybridized carbons (Fsp3) is 0.900. The lowest BCUT2D eigenvalue weighted by Gasteiger charge is -2.16. The van der Waals surface area contributed by atoms with Gasteiger partial charge in [-0.25, -0.2) is 13.6 Å². The van der Waals surface area contributed by atoms with Crippen LogP contribution in [0.1, 0.15) is 19.3 Å². The van der Waals surface area contributed by atoms with Crippen LogP contribution < -0.4 is 16.2 Å². The maximum Gasteiger partial charge on any atom is 0.224 e. The molecule has 1 amide bonds. The van der Waals surface area contributed by atoms with E-state index >= 15 is 0 Å². The van der Waals surface area contributed by atoms with Crippen molar-refractivity contribution < 1.29 is 13.2 Å². The number of nitrogens with zero attached hydrogens (tertiary/aromatic N) is 1. The van der Waals surface area contributed by atoms with Gasteiger partial charge in [0.25, 0.3) is 0 Å². The molecule has 106 valence electrons. The van der Waals surface area contributed by atoms with E-state index in [1.165, 1.54) is 0 Å². The molecular formula is C10H22N4O3S. The normalized spacial score (nSPS) is 20.7. The van der Waals surface area contributed by atoms with Crippen molar-refractivity contribution in [3.63, 3.8) is 0 Å². The lowest BCUT2D eigenvalue weighted by atomic mass is 10.3. The van der Waals surface area contributed by atoms with E-state index in [2.05, 4.69) is 5.32 Å². The van der Waals surface area contributed by atoms with Crippen LogP contribution in [0.2, 0.25) is 0 Å². The lowest BCUT2D eigenvalue weighted by Crippen LogP contribution is -2.33. The van der Waals surface area contributed by atoms with Crippen LogP contribution in [0.4, 0.5) is 0 Å². The number of hydrogen-bond acceptors (Lipinski definition) is 5. The highest BCUT2D eigenvalue weighted by Crippen LogP contribution is 2.16. The van der Waals surface area contributed by atoms with Crippen molar-refractivity contribution in [2.24, 2.45) is 10.9 Å². The van der Waals surface area contributed by atoms with E-state index in [9.17, 15) is 13.2 Å². The molecule has 1 aliphatic rings. The van der Waals surface area contributed by atoms with Gasteiger partial charge in [0, 0.05) is 19.5 Å². The van der Waals surface area contributed by atoms with Gasteiger partial charge >= 0.3 is 0 Å². The minimum Gasteiger partial charge on any atom is -0.341 e. The molecule has 0 saturated carbocycles. The number of hydrogen-bond donors (Lipinski definition) is 3. The molecule has 1 heterocycles. The Morgan fingerprint density at radius 1 is 1.33 bits per heavy atom. The van der Waals surface area contributed by atoms with Crippen LogP contribution >= 0.6 is 0 Å². The number of likely N-dealkylation sites (tertiary alicyclic amines) is 1. The van der Waals surface area contributed by atoms with Gasteiger partial charge in [-0.15, -0.1) is 0 Å². The fourth-order valence-electron chi connectivity index (χ4n) is 1.92. The molecule has 0 aromatic rings. The van der Waals surface area contributed by atoms with Gasteiger partial charge in [-0.2, -0.15) is 0 Å². The Kier molecular flexibility index (Phi) is 6.00. The number of sulfonamides is 1. The first-order chi connectivity index (χ1) is 8.45. The van der Waals surface area contributed by atoms with Gasteiger partial charge in [-0.1, -0.05) is 0 Å². The average Bonchev–Trinajstić information content (AvgIpc) is 2.65. The molecule has 1 atom stereocenters. The molecule has 1 saturated heterocycles. The van der Waals surface area contributed by atoms with E-state index in [1.807, 2.05) is 0 Å². The second kappa shape index (κ2) is 7.03. The van der Waals surface area contributed by atoms with Crippen LogP contribution in [-0.4, -0.2) is 57.2 Å². The Morgan fingerprint density at radius 3 is 2.56 bits per heavy atom. The summed E-state index contributed by atoms with van der Waals surface area (Å²) in [7, 11) is -3.60. The average molecular weight is 278 g/mol. The molecule has 0 aromatic carbocycles. The molecule has 5 N–H and O–H groups in total. The van der Waals surface area contributed by atoms with Crippen LogP contribution in [0.25, 0.3) is 0 Å². The molecule has 0 spiro atoms. The minimum atomic E-state index is -3.60. The van der Waals surface area contributed by atoms with Gasteiger partial charge in [0.1, 0.15) is 5.25 Å². The fourth-order valence-corrected chi connectivity index (χ4v) is 2.68. The van der Waals surface area contributed by atoms with Gasteiger partial charge in [0.05, 0.1) is 0 Å². The molecule has 18 heavy (non-hydrogen) atoms. The summed E-state index contributed by atoms with van der Waals surface area (Å²) >= 11 is 0. The number of nitrogens with one attached hydrogen (secondary N) is 1. The van der Waals surface area contributed by atoms with Gasteiger partial charge in [0.15, 0.2) is 0 Å². The zero-order valence-electron chi connectivity index (χ0n) is 10.5. The Balaban J connectivity index is 2.22. The summed E-state index contributed by atoms with van der Waals surface area (Å²) in [5.41, 5.74) is 5.36. The summed E-state index contributed by atoms with van der Waals surface area (Å²) < 4.78 is 22.3. The molecule has 0 aliphatic carbocycles. The van der Waals surface area contributed by atoms with Crippen molar-refractivity contribution in [2.45, 2.75) is 24.5 Å². The molecule has 8 heteroatoms. The highest BCUT2D eigenvalue weighted by molar-refractivity contribution is 7.89. The monoisotopic (exact) mass is 278 g/mol. The largest absolute Gasteiger partial charge is 0.341 e. The SMILES string of the molecule is NCCCNCCCN1CC(S(N)(=O)=O)CC1=O. The molecule has 7 nitrogen and oxygen atoms in total. The molecule has 1 fully saturated rings. The molecule has 1 aliphatic heterocycles. The van der Waals surface area contributed by atoms with E-state index in [-0.39, 0.29) is 18.9 Å². The quantitative estimate of drug-likeness (QED) is 0.453. The maximum atomic E-state index is 11.6. The van der Waals surface area contributed by atoms with E-state index in [0.29, 0.717) is 13.1 Å². The van der Waals surface area contributed by atoms with Crippen molar-refractivity contribution in [2.75, 3.05) is 32.7 Å². The predicted molar refractivity (Wildman–Crippen MR) is 69.3 cm³/mol. The van der Waals surface area contributed by atoms with Gasteiger partial charge < -0.3 is 16.0 Å². The first-order valence-electron chi connectivity index (χ1n) is 6.15. The Morgan fingerprint density at radius 2 is 2.00 bits per heavy atom. The Bertz CT molecular complexity index is 371.